The highest BCUT2D eigenvalue weighted by Crippen LogP contribution is 2.18. The van der Waals surface area contributed by atoms with Crippen LogP contribution in [-0.4, -0.2) is 31.2 Å². The summed E-state index contributed by atoms with van der Waals surface area (Å²) in [7, 11) is 0. The first kappa shape index (κ1) is 16.4. The molecule has 0 radical (unpaired) electrons. The molecule has 6 nitrogen and oxygen atoms in total. The van der Waals surface area contributed by atoms with Gasteiger partial charge in [-0.2, -0.15) is 4.98 Å². The van der Waals surface area contributed by atoms with Gasteiger partial charge in [0, 0.05) is 29.2 Å². The number of fused-ring (bicyclic) bond motifs is 1. The SMILES string of the molecule is Cc1nc2nc(SCCC(=O)Nc3ccccc3)nn2c(C)c1C. The fourth-order valence-corrected chi connectivity index (χ4v) is 3.03. The van der Waals surface area contributed by atoms with E-state index >= 15 is 0 Å². The zero-order valence-corrected chi connectivity index (χ0v) is 14.7. The van der Waals surface area contributed by atoms with E-state index in [1.54, 1.807) is 4.52 Å². The van der Waals surface area contributed by atoms with Gasteiger partial charge >= 0.3 is 0 Å². The van der Waals surface area contributed by atoms with Gasteiger partial charge in [0.15, 0.2) is 0 Å². The van der Waals surface area contributed by atoms with Crippen molar-refractivity contribution in [2.75, 3.05) is 11.1 Å². The van der Waals surface area contributed by atoms with Gasteiger partial charge in [-0.15, -0.1) is 5.10 Å². The Morgan fingerprint density at radius 3 is 2.67 bits per heavy atom. The minimum absolute atomic E-state index is 0.0153. The molecule has 1 N–H and O–H groups in total. The van der Waals surface area contributed by atoms with Crippen LogP contribution in [0.5, 0.6) is 0 Å². The van der Waals surface area contributed by atoms with Crippen molar-refractivity contribution in [3.05, 3.63) is 47.3 Å². The summed E-state index contributed by atoms with van der Waals surface area (Å²) in [5, 5.41) is 7.98. The van der Waals surface area contributed by atoms with Gasteiger partial charge in [-0.25, -0.2) is 9.50 Å². The molecule has 0 aliphatic rings. The highest BCUT2D eigenvalue weighted by atomic mass is 32.2. The van der Waals surface area contributed by atoms with Gasteiger partial charge in [-0.1, -0.05) is 30.0 Å². The van der Waals surface area contributed by atoms with E-state index in [2.05, 4.69) is 20.4 Å². The third-order valence-electron chi connectivity index (χ3n) is 3.86. The molecule has 1 amide bonds. The van der Waals surface area contributed by atoms with Gasteiger partial charge in [-0.3, -0.25) is 4.79 Å². The number of aromatic nitrogens is 4. The number of nitrogens with zero attached hydrogens (tertiary/aromatic N) is 4. The highest BCUT2D eigenvalue weighted by Gasteiger charge is 2.11. The average Bonchev–Trinajstić information content (AvgIpc) is 2.96. The number of carbonyl (C=O) groups excluding carboxylic acids is 1. The molecule has 0 fully saturated rings. The second kappa shape index (κ2) is 7.00. The molecule has 124 valence electrons. The van der Waals surface area contributed by atoms with Crippen LogP contribution < -0.4 is 5.32 Å². The number of anilines is 1. The van der Waals surface area contributed by atoms with Crippen molar-refractivity contribution in [2.45, 2.75) is 32.3 Å². The second-order valence-electron chi connectivity index (χ2n) is 5.53. The Kier molecular flexibility index (Phi) is 4.80. The predicted octanol–water partition coefficient (Wildman–Crippen LogP) is 3.17. The van der Waals surface area contributed by atoms with E-state index < -0.39 is 0 Å². The Morgan fingerprint density at radius 1 is 1.17 bits per heavy atom. The molecule has 2 heterocycles. The standard InChI is InChI=1S/C17H19N5OS/c1-11-12(2)18-16-20-17(21-22(16)13(11)3)24-10-9-15(23)19-14-7-5-4-6-8-14/h4-8H,9-10H2,1-3H3,(H,19,23). The predicted molar refractivity (Wildman–Crippen MR) is 95.4 cm³/mol. The summed E-state index contributed by atoms with van der Waals surface area (Å²) in [5.74, 6) is 1.21. The molecular formula is C17H19N5OS. The lowest BCUT2D eigenvalue weighted by Gasteiger charge is -2.04. The maximum atomic E-state index is 11.9. The van der Waals surface area contributed by atoms with Crippen molar-refractivity contribution in [1.29, 1.82) is 0 Å². The van der Waals surface area contributed by atoms with Crippen LogP contribution in [0.15, 0.2) is 35.5 Å². The fraction of sp³-hybridized carbons (Fsp3) is 0.294. The molecule has 0 saturated heterocycles. The van der Waals surface area contributed by atoms with Crippen molar-refractivity contribution in [2.24, 2.45) is 0 Å². The zero-order valence-electron chi connectivity index (χ0n) is 13.9. The van der Waals surface area contributed by atoms with Crippen molar-refractivity contribution >= 4 is 29.1 Å². The number of nitrogens with one attached hydrogen (secondary N) is 1. The van der Waals surface area contributed by atoms with E-state index in [4.69, 9.17) is 0 Å². The molecule has 3 rings (SSSR count). The topological polar surface area (TPSA) is 72.2 Å². The molecule has 3 aromatic rings. The van der Waals surface area contributed by atoms with Gasteiger partial charge < -0.3 is 5.32 Å². The van der Waals surface area contributed by atoms with Gasteiger partial charge in [0.2, 0.25) is 11.1 Å². The van der Waals surface area contributed by atoms with Crippen molar-refractivity contribution < 1.29 is 4.79 Å². The molecule has 1 aromatic carbocycles. The third-order valence-corrected chi connectivity index (χ3v) is 4.70. The summed E-state index contributed by atoms with van der Waals surface area (Å²) in [4.78, 5) is 20.8. The first-order valence-electron chi connectivity index (χ1n) is 7.73. The summed E-state index contributed by atoms with van der Waals surface area (Å²) in [6.07, 6.45) is 0.402. The Morgan fingerprint density at radius 2 is 1.92 bits per heavy atom. The summed E-state index contributed by atoms with van der Waals surface area (Å²) >= 11 is 1.46. The largest absolute Gasteiger partial charge is 0.326 e. The number of rotatable bonds is 5. The highest BCUT2D eigenvalue weighted by molar-refractivity contribution is 7.99. The van der Waals surface area contributed by atoms with Gasteiger partial charge in [0.1, 0.15) is 0 Å². The zero-order chi connectivity index (χ0) is 17.1. The normalized spacial score (nSPS) is 11.0. The van der Waals surface area contributed by atoms with Gasteiger partial charge in [0.25, 0.3) is 5.78 Å². The van der Waals surface area contributed by atoms with Crippen molar-refractivity contribution in [1.82, 2.24) is 19.6 Å². The van der Waals surface area contributed by atoms with Crippen LogP contribution in [0.4, 0.5) is 5.69 Å². The molecule has 0 atom stereocenters. The monoisotopic (exact) mass is 341 g/mol. The molecule has 0 aliphatic carbocycles. The fourth-order valence-electron chi connectivity index (χ4n) is 2.28. The summed E-state index contributed by atoms with van der Waals surface area (Å²) in [6.45, 7) is 6.00. The van der Waals surface area contributed by atoms with Crippen LogP contribution in [-0.2, 0) is 4.79 Å². The van der Waals surface area contributed by atoms with Crippen LogP contribution in [0, 0.1) is 20.8 Å². The molecule has 2 aromatic heterocycles. The second-order valence-corrected chi connectivity index (χ2v) is 6.59. The number of para-hydroxylation sites is 1. The number of carbonyl (C=O) groups is 1. The molecule has 0 bridgehead atoms. The van der Waals surface area contributed by atoms with Crippen molar-refractivity contribution in [3.8, 4) is 0 Å². The Hall–Kier alpha value is -2.41. The maximum Gasteiger partial charge on any atom is 0.253 e. The minimum atomic E-state index is -0.0153. The Labute approximate surface area is 144 Å². The van der Waals surface area contributed by atoms with Crippen molar-refractivity contribution in [3.63, 3.8) is 0 Å². The van der Waals surface area contributed by atoms with E-state index in [1.807, 2.05) is 51.1 Å². The first-order chi connectivity index (χ1) is 11.5. The van der Waals surface area contributed by atoms with E-state index in [0.717, 1.165) is 22.6 Å². The third kappa shape index (κ3) is 3.56. The number of hydrogen-bond acceptors (Lipinski definition) is 5. The number of amides is 1. The minimum Gasteiger partial charge on any atom is -0.326 e. The van der Waals surface area contributed by atoms with E-state index in [-0.39, 0.29) is 5.91 Å². The molecule has 7 heteroatoms. The van der Waals surface area contributed by atoms with E-state index in [1.165, 1.54) is 11.8 Å². The molecular weight excluding hydrogens is 322 g/mol. The molecule has 24 heavy (non-hydrogen) atoms. The van der Waals surface area contributed by atoms with Crippen LogP contribution in [0.1, 0.15) is 23.4 Å². The van der Waals surface area contributed by atoms with Crippen LogP contribution in [0.2, 0.25) is 0 Å². The smallest absolute Gasteiger partial charge is 0.253 e. The summed E-state index contributed by atoms with van der Waals surface area (Å²) < 4.78 is 1.76. The number of thioether (sulfide) groups is 1. The lowest BCUT2D eigenvalue weighted by atomic mass is 10.2. The van der Waals surface area contributed by atoms with Gasteiger partial charge in [-0.05, 0) is 38.5 Å². The van der Waals surface area contributed by atoms with Crippen LogP contribution in [0.3, 0.4) is 0 Å². The summed E-state index contributed by atoms with van der Waals surface area (Å²) in [5.41, 5.74) is 3.93. The lowest BCUT2D eigenvalue weighted by molar-refractivity contribution is -0.115. The Bertz CT molecular complexity index is 876. The molecule has 0 aliphatic heterocycles. The maximum absolute atomic E-state index is 11.9. The lowest BCUT2D eigenvalue weighted by Crippen LogP contribution is -2.11. The van der Waals surface area contributed by atoms with Crippen LogP contribution in [0.25, 0.3) is 5.78 Å². The quantitative estimate of drug-likeness (QED) is 0.722. The van der Waals surface area contributed by atoms with Crippen LogP contribution >= 0.6 is 11.8 Å². The number of benzene rings is 1. The average molecular weight is 341 g/mol. The van der Waals surface area contributed by atoms with E-state index in [0.29, 0.717) is 23.1 Å². The molecule has 0 spiro atoms. The number of hydrogen-bond donors (Lipinski definition) is 1. The number of aryl methyl sites for hydroxylation is 2. The van der Waals surface area contributed by atoms with Gasteiger partial charge in [0.05, 0.1) is 0 Å². The van der Waals surface area contributed by atoms with E-state index in [9.17, 15) is 4.79 Å². The molecule has 0 saturated carbocycles. The molecule has 0 unspecified atom stereocenters. The first-order valence-corrected chi connectivity index (χ1v) is 8.71. The Balaban J connectivity index is 1.60. The summed E-state index contributed by atoms with van der Waals surface area (Å²) in [6, 6.07) is 9.44.